The first-order chi connectivity index (χ1) is 8.77. The minimum Gasteiger partial charge on any atom is -0.472 e. The summed E-state index contributed by atoms with van der Waals surface area (Å²) in [4.78, 5) is 7.65. The van der Waals surface area contributed by atoms with E-state index in [9.17, 15) is 0 Å². The monoisotopic (exact) mass is 261 g/mol. The summed E-state index contributed by atoms with van der Waals surface area (Å²) in [5, 5.41) is 0.201. The van der Waals surface area contributed by atoms with Gasteiger partial charge in [-0.25, -0.2) is 4.98 Å². The molecule has 2 N–H and O–H groups in total. The summed E-state index contributed by atoms with van der Waals surface area (Å²) in [7, 11) is 0. The number of rotatable bonds is 4. The Bertz CT molecular complexity index is 543. The van der Waals surface area contributed by atoms with Crippen LogP contribution in [0.15, 0.2) is 42.7 Å². The Morgan fingerprint density at radius 3 is 2.78 bits per heavy atom. The molecule has 92 valence electrons. The molecule has 0 aliphatic rings. The molecule has 5 heteroatoms. The van der Waals surface area contributed by atoms with Crippen molar-refractivity contribution >= 4 is 23.4 Å². The molecule has 0 atom stereocenters. The standard InChI is InChI=1S/C13H12ClN3O/c14-12-11(15)13(17-9-16-12)18-8-4-7-10-5-2-1-3-6-10/h1-7,9H,8,15H2/b7-4+. The van der Waals surface area contributed by atoms with E-state index in [1.165, 1.54) is 6.33 Å². The number of ether oxygens (including phenoxy) is 1. The zero-order chi connectivity index (χ0) is 12.8. The molecule has 1 aromatic heterocycles. The van der Waals surface area contributed by atoms with Gasteiger partial charge >= 0.3 is 0 Å². The van der Waals surface area contributed by atoms with E-state index in [1.807, 2.05) is 42.5 Å². The number of benzene rings is 1. The molecule has 0 fully saturated rings. The van der Waals surface area contributed by atoms with Crippen molar-refractivity contribution in [2.24, 2.45) is 0 Å². The van der Waals surface area contributed by atoms with Crippen LogP contribution in [-0.4, -0.2) is 16.6 Å². The molecule has 4 nitrogen and oxygen atoms in total. The van der Waals surface area contributed by atoms with Crippen molar-refractivity contribution in [1.29, 1.82) is 0 Å². The lowest BCUT2D eigenvalue weighted by Crippen LogP contribution is -2.01. The summed E-state index contributed by atoms with van der Waals surface area (Å²) in [6, 6.07) is 9.93. The first-order valence-corrected chi connectivity index (χ1v) is 5.75. The number of hydrogen-bond acceptors (Lipinski definition) is 4. The van der Waals surface area contributed by atoms with Crippen LogP contribution in [0.1, 0.15) is 5.56 Å². The predicted octanol–water partition coefficient (Wildman–Crippen LogP) is 2.80. The maximum Gasteiger partial charge on any atom is 0.242 e. The number of aromatic nitrogens is 2. The molecule has 1 aromatic carbocycles. The number of nitrogens with zero attached hydrogens (tertiary/aromatic N) is 2. The van der Waals surface area contributed by atoms with Crippen LogP contribution < -0.4 is 10.5 Å². The van der Waals surface area contributed by atoms with Gasteiger partial charge in [0.1, 0.15) is 18.6 Å². The summed E-state index contributed by atoms with van der Waals surface area (Å²) in [5.74, 6) is 0.299. The molecular formula is C13H12ClN3O. The Morgan fingerprint density at radius 1 is 1.22 bits per heavy atom. The van der Waals surface area contributed by atoms with E-state index < -0.39 is 0 Å². The Labute approximate surface area is 110 Å². The quantitative estimate of drug-likeness (QED) is 0.860. The van der Waals surface area contributed by atoms with Crippen molar-refractivity contribution in [3.63, 3.8) is 0 Å². The van der Waals surface area contributed by atoms with Crippen LogP contribution in [-0.2, 0) is 0 Å². The minimum absolute atomic E-state index is 0.201. The third-order valence-corrected chi connectivity index (χ3v) is 2.53. The molecule has 0 aliphatic heterocycles. The minimum atomic E-state index is 0.201. The summed E-state index contributed by atoms with van der Waals surface area (Å²) in [5.41, 5.74) is 7.03. The summed E-state index contributed by atoms with van der Waals surface area (Å²) >= 11 is 5.75. The molecule has 0 radical (unpaired) electrons. The van der Waals surface area contributed by atoms with Crippen LogP contribution in [0, 0.1) is 0 Å². The molecule has 1 heterocycles. The fourth-order valence-corrected chi connectivity index (χ4v) is 1.47. The van der Waals surface area contributed by atoms with Gasteiger partial charge < -0.3 is 10.5 Å². The molecule has 0 spiro atoms. The van der Waals surface area contributed by atoms with Crippen LogP contribution in [0.2, 0.25) is 5.15 Å². The normalized spacial score (nSPS) is 10.7. The fraction of sp³-hybridized carbons (Fsp3) is 0.0769. The van der Waals surface area contributed by atoms with Crippen LogP contribution in [0.3, 0.4) is 0 Å². The second-order valence-electron chi connectivity index (χ2n) is 3.51. The highest BCUT2D eigenvalue weighted by atomic mass is 35.5. The van der Waals surface area contributed by atoms with Gasteiger partial charge in [0.15, 0.2) is 5.15 Å². The first-order valence-electron chi connectivity index (χ1n) is 5.38. The third kappa shape index (κ3) is 3.21. The number of anilines is 1. The van der Waals surface area contributed by atoms with Crippen LogP contribution in [0.4, 0.5) is 5.69 Å². The summed E-state index contributed by atoms with van der Waals surface area (Å²) in [6.45, 7) is 0.367. The number of hydrogen-bond donors (Lipinski definition) is 1. The van der Waals surface area contributed by atoms with Gasteiger partial charge in [0, 0.05) is 0 Å². The zero-order valence-electron chi connectivity index (χ0n) is 9.58. The average molecular weight is 262 g/mol. The Kier molecular flexibility index (Phi) is 4.15. The van der Waals surface area contributed by atoms with Crippen molar-refractivity contribution in [2.45, 2.75) is 0 Å². The molecular weight excluding hydrogens is 250 g/mol. The van der Waals surface area contributed by atoms with Gasteiger partial charge in [-0.1, -0.05) is 48.0 Å². The number of nitrogen functional groups attached to an aromatic ring is 1. The molecule has 0 amide bonds. The van der Waals surface area contributed by atoms with Gasteiger partial charge in [-0.05, 0) is 11.6 Å². The van der Waals surface area contributed by atoms with Crippen LogP contribution >= 0.6 is 11.6 Å². The fourth-order valence-electron chi connectivity index (χ4n) is 1.35. The van der Waals surface area contributed by atoms with E-state index in [-0.39, 0.29) is 10.8 Å². The van der Waals surface area contributed by atoms with Crippen molar-refractivity contribution in [2.75, 3.05) is 12.3 Å². The highest BCUT2D eigenvalue weighted by Gasteiger charge is 2.05. The zero-order valence-corrected chi connectivity index (χ0v) is 10.3. The predicted molar refractivity (Wildman–Crippen MR) is 72.4 cm³/mol. The third-order valence-electron chi connectivity index (χ3n) is 2.22. The van der Waals surface area contributed by atoms with E-state index in [0.29, 0.717) is 12.5 Å². The Hall–Kier alpha value is -2.07. The molecule has 0 saturated carbocycles. The van der Waals surface area contributed by atoms with Gasteiger partial charge in [0.2, 0.25) is 5.88 Å². The molecule has 0 aliphatic carbocycles. The summed E-state index contributed by atoms with van der Waals surface area (Å²) < 4.78 is 5.39. The molecule has 18 heavy (non-hydrogen) atoms. The maximum absolute atomic E-state index is 5.75. The molecule has 2 rings (SSSR count). The van der Waals surface area contributed by atoms with Crippen molar-refractivity contribution < 1.29 is 4.74 Å². The SMILES string of the molecule is Nc1c(Cl)ncnc1OC/C=C/c1ccccc1. The molecule has 0 bridgehead atoms. The highest BCUT2D eigenvalue weighted by molar-refractivity contribution is 6.32. The first kappa shape index (κ1) is 12.4. The Morgan fingerprint density at radius 2 is 2.00 bits per heavy atom. The summed E-state index contributed by atoms with van der Waals surface area (Å²) in [6.07, 6.45) is 5.15. The van der Waals surface area contributed by atoms with Gasteiger partial charge in [-0.3, -0.25) is 0 Å². The lowest BCUT2D eigenvalue weighted by atomic mass is 10.2. The van der Waals surface area contributed by atoms with Crippen LogP contribution in [0.5, 0.6) is 5.88 Å². The highest BCUT2D eigenvalue weighted by Crippen LogP contribution is 2.23. The second-order valence-corrected chi connectivity index (χ2v) is 3.87. The molecule has 2 aromatic rings. The smallest absolute Gasteiger partial charge is 0.242 e. The molecule has 0 unspecified atom stereocenters. The lowest BCUT2D eigenvalue weighted by Gasteiger charge is -2.05. The van der Waals surface area contributed by atoms with Crippen LogP contribution in [0.25, 0.3) is 6.08 Å². The van der Waals surface area contributed by atoms with E-state index in [1.54, 1.807) is 0 Å². The van der Waals surface area contributed by atoms with E-state index in [0.717, 1.165) is 5.56 Å². The van der Waals surface area contributed by atoms with Crippen molar-refractivity contribution in [3.8, 4) is 5.88 Å². The topological polar surface area (TPSA) is 61.0 Å². The van der Waals surface area contributed by atoms with Crippen molar-refractivity contribution in [1.82, 2.24) is 9.97 Å². The van der Waals surface area contributed by atoms with Crippen molar-refractivity contribution in [3.05, 3.63) is 53.5 Å². The van der Waals surface area contributed by atoms with Gasteiger partial charge in [-0.15, -0.1) is 0 Å². The van der Waals surface area contributed by atoms with E-state index in [2.05, 4.69) is 9.97 Å². The average Bonchev–Trinajstić information content (AvgIpc) is 2.40. The lowest BCUT2D eigenvalue weighted by molar-refractivity contribution is 0.350. The van der Waals surface area contributed by atoms with E-state index in [4.69, 9.17) is 22.1 Å². The molecule has 0 saturated heterocycles. The largest absolute Gasteiger partial charge is 0.472 e. The number of halogens is 1. The van der Waals surface area contributed by atoms with Gasteiger partial charge in [-0.2, -0.15) is 4.98 Å². The Balaban J connectivity index is 1.93. The number of nitrogens with two attached hydrogens (primary N) is 1. The van der Waals surface area contributed by atoms with Gasteiger partial charge in [0.25, 0.3) is 0 Å². The second kappa shape index (κ2) is 6.02. The van der Waals surface area contributed by atoms with E-state index >= 15 is 0 Å². The van der Waals surface area contributed by atoms with Gasteiger partial charge in [0.05, 0.1) is 0 Å². The maximum atomic E-state index is 5.75.